The lowest BCUT2D eigenvalue weighted by molar-refractivity contribution is -0.384. The monoisotopic (exact) mass is 393 g/mol. The summed E-state index contributed by atoms with van der Waals surface area (Å²) < 4.78 is 1.48. The lowest BCUT2D eigenvalue weighted by atomic mass is 10.2. The van der Waals surface area contributed by atoms with Crippen molar-refractivity contribution < 1.29 is 9.72 Å². The fraction of sp³-hybridized carbons (Fsp3) is 0.158. The number of aromatic nitrogens is 2. The highest BCUT2D eigenvalue weighted by molar-refractivity contribution is 6.05. The molecule has 0 bridgehead atoms. The first-order valence-corrected chi connectivity index (χ1v) is 8.66. The molecule has 0 saturated heterocycles. The minimum atomic E-state index is -0.479. The summed E-state index contributed by atoms with van der Waals surface area (Å²) in [5.41, 5.74) is 1.89. The number of nitro benzene ring substituents is 1. The number of amides is 1. The standard InChI is InChI=1S/C19H19N7O3/c1-13-17(21-23-24(2)3)18(20-19(27)14-7-5-4-6-8-14)25(22-13)15-9-11-16(12-10-15)26(28)29/h4-12H,1-3H3,(H,20,27). The van der Waals surface area contributed by atoms with Crippen molar-refractivity contribution in [1.82, 2.24) is 14.8 Å². The van der Waals surface area contributed by atoms with Crippen LogP contribution in [-0.4, -0.2) is 39.7 Å². The van der Waals surface area contributed by atoms with Crippen LogP contribution in [0.1, 0.15) is 16.1 Å². The summed E-state index contributed by atoms with van der Waals surface area (Å²) in [6.45, 7) is 1.74. The molecule has 0 atom stereocenters. The number of benzene rings is 2. The summed E-state index contributed by atoms with van der Waals surface area (Å²) in [5.74, 6) is -0.0224. The van der Waals surface area contributed by atoms with Crippen LogP contribution in [0.4, 0.5) is 17.2 Å². The maximum Gasteiger partial charge on any atom is 0.269 e. The van der Waals surface area contributed by atoms with Crippen molar-refractivity contribution in [1.29, 1.82) is 0 Å². The first-order valence-electron chi connectivity index (χ1n) is 8.66. The van der Waals surface area contributed by atoms with Gasteiger partial charge in [-0.2, -0.15) is 5.10 Å². The zero-order chi connectivity index (χ0) is 21.0. The molecule has 10 nitrogen and oxygen atoms in total. The highest BCUT2D eigenvalue weighted by Gasteiger charge is 2.20. The molecule has 0 spiro atoms. The highest BCUT2D eigenvalue weighted by atomic mass is 16.6. The third kappa shape index (κ3) is 4.43. The molecule has 1 N–H and O–H groups in total. The normalized spacial score (nSPS) is 10.9. The summed E-state index contributed by atoms with van der Waals surface area (Å²) in [5, 5.41) is 27.9. The first-order chi connectivity index (χ1) is 13.9. The van der Waals surface area contributed by atoms with E-state index in [1.54, 1.807) is 57.4 Å². The van der Waals surface area contributed by atoms with Crippen LogP contribution in [0.5, 0.6) is 0 Å². The number of anilines is 1. The second-order valence-corrected chi connectivity index (χ2v) is 6.32. The van der Waals surface area contributed by atoms with Gasteiger partial charge >= 0.3 is 0 Å². The van der Waals surface area contributed by atoms with Crippen molar-refractivity contribution in [2.24, 2.45) is 10.3 Å². The molecule has 29 heavy (non-hydrogen) atoms. The van der Waals surface area contributed by atoms with E-state index in [1.165, 1.54) is 21.8 Å². The second kappa shape index (κ2) is 8.30. The van der Waals surface area contributed by atoms with Gasteiger partial charge in [-0.05, 0) is 31.2 Å². The highest BCUT2D eigenvalue weighted by Crippen LogP contribution is 2.32. The lowest BCUT2D eigenvalue weighted by Gasteiger charge is -2.10. The Morgan fingerprint density at radius 2 is 1.79 bits per heavy atom. The molecule has 2 aromatic carbocycles. The van der Waals surface area contributed by atoms with Crippen molar-refractivity contribution >= 4 is 23.1 Å². The van der Waals surface area contributed by atoms with E-state index < -0.39 is 4.92 Å². The molecule has 0 aliphatic carbocycles. The Morgan fingerprint density at radius 3 is 2.38 bits per heavy atom. The number of nitrogens with one attached hydrogen (secondary N) is 1. The number of non-ortho nitro benzene ring substituents is 1. The fourth-order valence-corrected chi connectivity index (χ4v) is 2.56. The average molecular weight is 393 g/mol. The lowest BCUT2D eigenvalue weighted by Crippen LogP contribution is -2.15. The van der Waals surface area contributed by atoms with Crippen LogP contribution in [-0.2, 0) is 0 Å². The minimum Gasteiger partial charge on any atom is -0.305 e. The van der Waals surface area contributed by atoms with Crippen LogP contribution in [0.25, 0.3) is 5.69 Å². The molecule has 3 aromatic rings. The van der Waals surface area contributed by atoms with Crippen LogP contribution in [0.15, 0.2) is 64.9 Å². The number of nitro groups is 1. The molecule has 0 aliphatic heterocycles. The molecule has 1 heterocycles. The number of hydrogen-bond acceptors (Lipinski definition) is 6. The Hall–Kier alpha value is -4.08. The van der Waals surface area contributed by atoms with E-state index in [9.17, 15) is 14.9 Å². The Kier molecular flexibility index (Phi) is 5.63. The topological polar surface area (TPSA) is 118 Å². The zero-order valence-electron chi connectivity index (χ0n) is 16.1. The fourth-order valence-electron chi connectivity index (χ4n) is 2.56. The quantitative estimate of drug-likeness (QED) is 0.387. The third-order valence-electron chi connectivity index (χ3n) is 3.93. The molecule has 0 fully saturated rings. The zero-order valence-corrected chi connectivity index (χ0v) is 16.1. The summed E-state index contributed by atoms with van der Waals surface area (Å²) >= 11 is 0. The Balaban J connectivity index is 2.07. The third-order valence-corrected chi connectivity index (χ3v) is 3.93. The van der Waals surface area contributed by atoms with Gasteiger partial charge < -0.3 is 5.32 Å². The van der Waals surface area contributed by atoms with Crippen molar-refractivity contribution in [2.75, 3.05) is 19.4 Å². The van der Waals surface area contributed by atoms with Gasteiger partial charge in [-0.1, -0.05) is 23.4 Å². The largest absolute Gasteiger partial charge is 0.305 e. The maximum atomic E-state index is 12.7. The molecule has 0 radical (unpaired) electrons. The van der Waals surface area contributed by atoms with E-state index in [0.29, 0.717) is 28.5 Å². The predicted molar refractivity (Wildman–Crippen MR) is 108 cm³/mol. The molecule has 0 saturated carbocycles. The smallest absolute Gasteiger partial charge is 0.269 e. The van der Waals surface area contributed by atoms with Crippen molar-refractivity contribution in [3.8, 4) is 5.69 Å². The SMILES string of the molecule is Cc1nn(-c2ccc([N+](=O)[O-])cc2)c(NC(=O)c2ccccc2)c1N=NN(C)C. The van der Waals surface area contributed by atoms with E-state index in [4.69, 9.17) is 0 Å². The predicted octanol–water partition coefficient (Wildman–Crippen LogP) is 3.90. The van der Waals surface area contributed by atoms with Crippen LogP contribution in [0, 0.1) is 17.0 Å². The van der Waals surface area contributed by atoms with Gasteiger partial charge in [0.25, 0.3) is 11.6 Å². The summed E-state index contributed by atoms with van der Waals surface area (Å²) in [6, 6.07) is 14.6. The van der Waals surface area contributed by atoms with Crippen LogP contribution < -0.4 is 5.32 Å². The van der Waals surface area contributed by atoms with E-state index in [0.717, 1.165) is 0 Å². The van der Waals surface area contributed by atoms with E-state index in [-0.39, 0.29) is 11.6 Å². The van der Waals surface area contributed by atoms with Crippen molar-refractivity contribution in [3.05, 3.63) is 76.0 Å². The van der Waals surface area contributed by atoms with Gasteiger partial charge in [-0.25, -0.2) is 4.68 Å². The maximum absolute atomic E-state index is 12.7. The van der Waals surface area contributed by atoms with Crippen molar-refractivity contribution in [3.63, 3.8) is 0 Å². The minimum absolute atomic E-state index is 0.0417. The number of nitrogens with zero attached hydrogens (tertiary/aromatic N) is 6. The summed E-state index contributed by atoms with van der Waals surface area (Å²) in [6.07, 6.45) is 0. The molecule has 148 valence electrons. The average Bonchev–Trinajstić information content (AvgIpc) is 3.02. The summed E-state index contributed by atoms with van der Waals surface area (Å²) in [7, 11) is 3.45. The first kappa shape index (κ1) is 19.7. The molecule has 0 aliphatic rings. The Morgan fingerprint density at radius 1 is 1.14 bits per heavy atom. The molecule has 3 rings (SSSR count). The number of carbonyl (C=O) groups excluding carboxylic acids is 1. The number of carbonyl (C=O) groups is 1. The Labute approximate surface area is 166 Å². The second-order valence-electron chi connectivity index (χ2n) is 6.32. The van der Waals surface area contributed by atoms with Gasteiger partial charge in [-0.3, -0.25) is 19.9 Å². The van der Waals surface area contributed by atoms with E-state index >= 15 is 0 Å². The van der Waals surface area contributed by atoms with Gasteiger partial charge in [0.05, 0.1) is 16.3 Å². The van der Waals surface area contributed by atoms with Crippen LogP contribution in [0.2, 0.25) is 0 Å². The molecule has 0 unspecified atom stereocenters. The molecular formula is C19H19N7O3. The number of aryl methyl sites for hydroxylation is 1. The molecular weight excluding hydrogens is 374 g/mol. The molecule has 1 amide bonds. The Bertz CT molecular complexity index is 1060. The van der Waals surface area contributed by atoms with Crippen LogP contribution >= 0.6 is 0 Å². The summed E-state index contributed by atoms with van der Waals surface area (Å²) in [4.78, 5) is 23.2. The van der Waals surface area contributed by atoms with E-state index in [1.807, 2.05) is 6.07 Å². The van der Waals surface area contributed by atoms with E-state index in [2.05, 4.69) is 20.8 Å². The van der Waals surface area contributed by atoms with Crippen LogP contribution in [0.3, 0.4) is 0 Å². The van der Waals surface area contributed by atoms with Gasteiger partial charge in [0.2, 0.25) is 0 Å². The van der Waals surface area contributed by atoms with Gasteiger partial charge in [0.1, 0.15) is 0 Å². The van der Waals surface area contributed by atoms with Crippen molar-refractivity contribution in [2.45, 2.75) is 6.92 Å². The van der Waals surface area contributed by atoms with Gasteiger partial charge in [0, 0.05) is 31.8 Å². The van der Waals surface area contributed by atoms with Gasteiger partial charge in [-0.15, -0.1) is 5.11 Å². The molecule has 10 heteroatoms. The van der Waals surface area contributed by atoms with Gasteiger partial charge in [0.15, 0.2) is 11.5 Å². The number of rotatable bonds is 6. The number of hydrogen-bond donors (Lipinski definition) is 1. The molecule has 1 aromatic heterocycles.